The average Bonchev–Trinajstić information content (AvgIpc) is 0.927. The topological polar surface area (TPSA) is 21.3 Å². The lowest BCUT2D eigenvalue weighted by molar-refractivity contribution is 1.16. The second-order valence-electron chi connectivity index (χ2n) is 32.6. The van der Waals surface area contributed by atoms with Gasteiger partial charge in [-0.1, -0.05) is 364 Å². The Morgan fingerprint density at radius 3 is 0.713 bits per heavy atom. The molecule has 24 rings (SSSR count). The second-order valence-corrected chi connectivity index (χ2v) is 40.2. The number of para-hydroxylation sites is 6. The van der Waals surface area contributed by atoms with Crippen LogP contribution in [0.15, 0.2) is 473 Å². The summed E-state index contributed by atoms with van der Waals surface area (Å²) in [4.78, 5) is 5.33. The average molecular weight is 1580 g/mol. The first kappa shape index (κ1) is 70.8. The zero-order valence-electron chi connectivity index (χ0n) is 66.8. The summed E-state index contributed by atoms with van der Waals surface area (Å²) < 4.78 is 7.45. The van der Waals surface area contributed by atoms with E-state index in [1.165, 1.54) is 112 Å². The van der Waals surface area contributed by atoms with Gasteiger partial charge in [0.05, 0.1) is 38.8 Å². The predicted molar refractivity (Wildman–Crippen MR) is 522 cm³/mol. The third-order valence-electron chi connectivity index (χ3n) is 26.2. The maximum atomic E-state index is 2.67. The standard InChI is InChI=1S/C114H78BN5Si2/c1-7-41-88(42-8-1)121(89-43-9-2-10-44-89,90-45-11-3-12-46-90)94-53-33-39-85(75-94)118-110-69-67-81(79-35-31-37-83(71-79)116-104-61-25-19-55-96(104)97-56-20-26-62-105(97)116)73-102(110)115-103-74-82(80-36-32-38-84(72-80)117-106-63-27-21-57-98(106)99-58-22-28-64-107(99)117)68-70-111(103)119(113-78-87(77-112(118)114(113)115)120-108-65-29-23-59-100(108)101-60-24-30-66-109(101)120)86-40-34-54-95(76-86)122(91-47-13-4-14-48-91,92-49-15-5-16-50-92)93-51-17-6-18-52-93/h1-78H. The monoisotopic (exact) mass is 1580 g/mol. The van der Waals surface area contributed by atoms with Crippen LogP contribution in [0.25, 0.3) is 105 Å². The highest BCUT2D eigenvalue weighted by atomic mass is 28.3. The van der Waals surface area contributed by atoms with Crippen LogP contribution in [0.5, 0.6) is 0 Å². The van der Waals surface area contributed by atoms with Crippen LogP contribution in [0, 0.1) is 0 Å². The number of nitrogens with zero attached hydrogens (tertiary/aromatic N) is 5. The summed E-state index contributed by atoms with van der Waals surface area (Å²) in [6.07, 6.45) is 0. The van der Waals surface area contributed by atoms with Gasteiger partial charge < -0.3 is 23.5 Å². The molecule has 0 aliphatic carbocycles. The minimum atomic E-state index is -3.15. The van der Waals surface area contributed by atoms with Crippen molar-refractivity contribution in [3.63, 3.8) is 0 Å². The van der Waals surface area contributed by atoms with E-state index in [1.807, 2.05) is 0 Å². The third-order valence-corrected chi connectivity index (χ3v) is 35.8. The normalized spacial score (nSPS) is 12.5. The van der Waals surface area contributed by atoms with Crippen LogP contribution >= 0.6 is 0 Å². The third kappa shape index (κ3) is 10.9. The van der Waals surface area contributed by atoms with E-state index in [-0.39, 0.29) is 6.71 Å². The number of aromatic nitrogens is 3. The molecule has 0 spiro atoms. The Morgan fingerprint density at radius 1 is 0.164 bits per heavy atom. The highest BCUT2D eigenvalue weighted by Crippen LogP contribution is 2.48. The van der Waals surface area contributed by atoms with Crippen molar-refractivity contribution in [3.05, 3.63) is 473 Å². The number of fused-ring (bicyclic) bond motifs is 13. The number of hydrogen-bond acceptors (Lipinski definition) is 2. The largest absolute Gasteiger partial charge is 0.311 e. The Bertz CT molecular complexity index is 7100. The molecule has 2 aliphatic heterocycles. The summed E-state index contributed by atoms with van der Waals surface area (Å²) in [5.74, 6) is 0. The zero-order valence-corrected chi connectivity index (χ0v) is 68.8. The molecular formula is C114H78BN5Si2. The van der Waals surface area contributed by atoms with Gasteiger partial charge in [0.15, 0.2) is 16.1 Å². The van der Waals surface area contributed by atoms with Crippen LogP contribution in [-0.2, 0) is 0 Å². The van der Waals surface area contributed by atoms with Crippen molar-refractivity contribution in [2.24, 2.45) is 0 Å². The van der Waals surface area contributed by atoms with Gasteiger partial charge in [-0.05, 0) is 189 Å². The molecule has 8 heteroatoms. The number of rotatable bonds is 15. The molecule has 22 aromatic rings. The molecule has 570 valence electrons. The molecule has 0 N–H and O–H groups in total. The Kier molecular flexibility index (Phi) is 16.7. The van der Waals surface area contributed by atoms with E-state index in [0.717, 1.165) is 84.5 Å². The molecule has 5 heterocycles. The van der Waals surface area contributed by atoms with Crippen molar-refractivity contribution in [2.75, 3.05) is 9.80 Å². The summed E-state index contributed by atoms with van der Waals surface area (Å²) in [7, 11) is -6.31. The summed E-state index contributed by atoms with van der Waals surface area (Å²) in [6.45, 7) is -0.324. The van der Waals surface area contributed by atoms with Crippen LogP contribution in [0.3, 0.4) is 0 Å². The van der Waals surface area contributed by atoms with Gasteiger partial charge in [-0.25, -0.2) is 0 Å². The van der Waals surface area contributed by atoms with E-state index in [1.54, 1.807) is 0 Å². The van der Waals surface area contributed by atoms with Gasteiger partial charge in [-0.3, -0.25) is 0 Å². The van der Waals surface area contributed by atoms with Crippen LogP contribution in [0.2, 0.25) is 0 Å². The molecule has 0 fully saturated rings. The molecule has 3 aromatic heterocycles. The molecule has 0 unspecified atom stereocenters. The van der Waals surface area contributed by atoms with E-state index in [9.17, 15) is 0 Å². The molecule has 5 nitrogen and oxygen atoms in total. The van der Waals surface area contributed by atoms with Gasteiger partial charge in [0.1, 0.15) is 0 Å². The van der Waals surface area contributed by atoms with Crippen LogP contribution in [0.4, 0.5) is 34.1 Å². The maximum Gasteiger partial charge on any atom is 0.252 e. The molecule has 0 bridgehead atoms. The molecular weight excluding hydrogens is 1510 g/mol. The minimum absolute atomic E-state index is 0.324. The molecule has 2 aliphatic rings. The first-order valence-corrected chi connectivity index (χ1v) is 46.3. The Labute approximate surface area is 711 Å². The Hall–Kier alpha value is -15.3. The highest BCUT2D eigenvalue weighted by molar-refractivity contribution is 7.20. The van der Waals surface area contributed by atoms with E-state index < -0.39 is 16.1 Å². The molecule has 0 radical (unpaired) electrons. The zero-order chi connectivity index (χ0) is 80.4. The lowest BCUT2D eigenvalue weighted by Gasteiger charge is -2.45. The van der Waals surface area contributed by atoms with Gasteiger partial charge in [0.25, 0.3) is 6.71 Å². The van der Waals surface area contributed by atoms with Crippen molar-refractivity contribution in [1.82, 2.24) is 13.7 Å². The Balaban J connectivity index is 0.821. The number of hydrogen-bond donors (Lipinski definition) is 0. The molecule has 0 saturated heterocycles. The fourth-order valence-electron chi connectivity index (χ4n) is 21.2. The van der Waals surface area contributed by atoms with Crippen LogP contribution < -0.4 is 67.7 Å². The second kappa shape index (κ2) is 28.8. The smallest absolute Gasteiger partial charge is 0.252 e. The van der Waals surface area contributed by atoms with Crippen molar-refractivity contribution in [3.8, 4) is 39.3 Å². The SMILES string of the molecule is c1ccc([Si](c2ccccc2)(c2ccccc2)c2cccc(N3c4ccc(-c5cccc(-n6c7ccccc7c7ccccc76)c5)cc4B4c5cc(-c6cccc(-n7c8ccccc8c8ccccc87)c6)ccc5N(c5cccc([Si](c6ccccc6)(c6ccccc6)c6ccccc6)c5)c5cc(-n6c7ccccc7c7ccccc76)cc3c54)c2)cc1. The predicted octanol–water partition coefficient (Wildman–Crippen LogP) is 21.1. The summed E-state index contributed by atoms with van der Waals surface area (Å²) >= 11 is 0. The van der Waals surface area contributed by atoms with Crippen molar-refractivity contribution in [1.29, 1.82) is 0 Å². The fraction of sp³-hybridized carbons (Fsp3) is 0. The minimum Gasteiger partial charge on any atom is -0.311 e. The van der Waals surface area contributed by atoms with Crippen molar-refractivity contribution in [2.45, 2.75) is 0 Å². The number of anilines is 6. The van der Waals surface area contributed by atoms with Crippen molar-refractivity contribution >= 4 is 180 Å². The van der Waals surface area contributed by atoms with E-state index >= 15 is 0 Å². The maximum absolute atomic E-state index is 3.15. The van der Waals surface area contributed by atoms with Gasteiger partial charge in [-0.15, -0.1) is 0 Å². The quantitative estimate of drug-likeness (QED) is 0.0753. The summed E-state index contributed by atoms with van der Waals surface area (Å²) in [6, 6.07) is 180. The molecule has 0 amide bonds. The van der Waals surface area contributed by atoms with Gasteiger partial charge >= 0.3 is 0 Å². The molecule has 122 heavy (non-hydrogen) atoms. The van der Waals surface area contributed by atoms with E-state index in [4.69, 9.17) is 0 Å². The first-order chi connectivity index (χ1) is 60.5. The lowest BCUT2D eigenvalue weighted by Crippen LogP contribution is -2.74. The summed E-state index contributed by atoms with van der Waals surface area (Å²) in [5.41, 5.74) is 25.0. The van der Waals surface area contributed by atoms with Gasteiger partial charge in [0, 0.05) is 77.8 Å². The number of benzene rings is 19. The first-order valence-electron chi connectivity index (χ1n) is 42.3. The van der Waals surface area contributed by atoms with Crippen LogP contribution in [0.1, 0.15) is 0 Å². The highest BCUT2D eigenvalue weighted by Gasteiger charge is 2.48. The lowest BCUT2D eigenvalue weighted by atomic mass is 9.33. The Morgan fingerprint density at radius 2 is 0.410 bits per heavy atom. The molecule has 0 saturated carbocycles. The van der Waals surface area contributed by atoms with Crippen LogP contribution in [-0.4, -0.2) is 36.6 Å². The fourth-order valence-corrected chi connectivity index (χ4v) is 30.7. The van der Waals surface area contributed by atoms with E-state index in [0.29, 0.717) is 0 Å². The van der Waals surface area contributed by atoms with Gasteiger partial charge in [0.2, 0.25) is 0 Å². The molecule has 0 atom stereocenters. The molecule has 19 aromatic carbocycles. The van der Waals surface area contributed by atoms with Gasteiger partial charge in [-0.2, -0.15) is 0 Å². The van der Waals surface area contributed by atoms with Crippen molar-refractivity contribution < 1.29 is 0 Å². The van der Waals surface area contributed by atoms with E-state index in [2.05, 4.69) is 497 Å². The summed E-state index contributed by atoms with van der Waals surface area (Å²) in [5, 5.41) is 17.8.